The molecule has 6 nitrogen and oxygen atoms in total. The predicted molar refractivity (Wildman–Crippen MR) is 126 cm³/mol. The molecule has 2 rings (SSSR count). The Morgan fingerprint density at radius 3 is 2.52 bits per heavy atom. The lowest BCUT2D eigenvalue weighted by Gasteiger charge is -2.26. The van der Waals surface area contributed by atoms with Crippen LogP contribution in [-0.2, 0) is 9.47 Å². The number of amides is 1. The molecule has 1 unspecified atom stereocenters. The van der Waals surface area contributed by atoms with Gasteiger partial charge in [0.2, 0.25) is 0 Å². The van der Waals surface area contributed by atoms with Crippen LogP contribution in [0.5, 0.6) is 5.75 Å². The fourth-order valence-corrected chi connectivity index (χ4v) is 3.79. The number of hydrogen-bond acceptors (Lipinski definition) is 5. The highest BCUT2D eigenvalue weighted by molar-refractivity contribution is 5.86. The molecule has 0 aromatic heterocycles. The fourth-order valence-electron chi connectivity index (χ4n) is 3.79. The van der Waals surface area contributed by atoms with E-state index in [0.717, 1.165) is 32.4 Å². The van der Waals surface area contributed by atoms with Crippen molar-refractivity contribution in [3.63, 3.8) is 0 Å². The molecule has 176 valence electrons. The van der Waals surface area contributed by atoms with Crippen LogP contribution in [0.2, 0.25) is 0 Å². The minimum atomic E-state index is -0.457. The second kappa shape index (κ2) is 15.9. The Kier molecular flexibility index (Phi) is 13.1. The number of para-hydroxylation sites is 2. The zero-order valence-corrected chi connectivity index (χ0v) is 19.6. The van der Waals surface area contributed by atoms with Crippen LogP contribution in [0.3, 0.4) is 0 Å². The van der Waals surface area contributed by atoms with E-state index in [1.807, 2.05) is 24.3 Å². The smallest absolute Gasteiger partial charge is 0.412 e. The summed E-state index contributed by atoms with van der Waals surface area (Å²) in [7, 11) is 0. The van der Waals surface area contributed by atoms with E-state index in [9.17, 15) is 4.79 Å². The molecular weight excluding hydrogens is 392 g/mol. The molecule has 0 spiro atoms. The predicted octanol–water partition coefficient (Wildman–Crippen LogP) is 5.87. The van der Waals surface area contributed by atoms with Gasteiger partial charge < -0.3 is 14.2 Å². The first-order valence-electron chi connectivity index (χ1n) is 12.2. The maximum atomic E-state index is 12.7. The largest absolute Gasteiger partial charge is 0.491 e. The van der Waals surface area contributed by atoms with Crippen LogP contribution in [0.15, 0.2) is 24.3 Å². The molecule has 1 fully saturated rings. The maximum Gasteiger partial charge on any atom is 0.412 e. The van der Waals surface area contributed by atoms with Crippen molar-refractivity contribution >= 4 is 11.8 Å². The van der Waals surface area contributed by atoms with Crippen LogP contribution < -0.4 is 10.1 Å². The number of carbonyl (C=O) groups excluding carboxylic acids is 1. The molecular formula is C25H42N2O4. The number of benzene rings is 1. The van der Waals surface area contributed by atoms with E-state index < -0.39 is 6.09 Å². The minimum Gasteiger partial charge on any atom is -0.491 e. The molecule has 0 radical (unpaired) electrons. The molecule has 1 aliphatic heterocycles. The molecule has 6 heteroatoms. The number of likely N-dealkylation sites (tertiary alicyclic amines) is 1. The van der Waals surface area contributed by atoms with Crippen LogP contribution in [-0.4, -0.2) is 56.6 Å². The molecule has 1 aromatic carbocycles. The van der Waals surface area contributed by atoms with Gasteiger partial charge in [0.05, 0.1) is 18.9 Å². The Balaban J connectivity index is 1.88. The van der Waals surface area contributed by atoms with Crippen molar-refractivity contribution in [3.05, 3.63) is 24.3 Å². The SMILES string of the molecule is CCCCCCOc1ccccc1NC(=O)OC(COCCC)CN1CCCCCC1. The van der Waals surface area contributed by atoms with Gasteiger partial charge in [-0.2, -0.15) is 0 Å². The summed E-state index contributed by atoms with van der Waals surface area (Å²) in [6.07, 6.45) is 9.77. The van der Waals surface area contributed by atoms with Gasteiger partial charge in [-0.3, -0.25) is 10.2 Å². The Morgan fingerprint density at radius 2 is 1.77 bits per heavy atom. The quantitative estimate of drug-likeness (QED) is 0.371. The molecule has 1 aliphatic rings. The van der Waals surface area contributed by atoms with E-state index >= 15 is 0 Å². The third kappa shape index (κ3) is 10.9. The van der Waals surface area contributed by atoms with Gasteiger partial charge in [-0.15, -0.1) is 0 Å². The van der Waals surface area contributed by atoms with Crippen molar-refractivity contribution in [1.82, 2.24) is 4.90 Å². The van der Waals surface area contributed by atoms with Gasteiger partial charge in [0.15, 0.2) is 0 Å². The number of hydrogen-bond donors (Lipinski definition) is 1. The van der Waals surface area contributed by atoms with E-state index in [4.69, 9.17) is 14.2 Å². The summed E-state index contributed by atoms with van der Waals surface area (Å²) in [6, 6.07) is 7.53. The third-order valence-electron chi connectivity index (χ3n) is 5.47. The van der Waals surface area contributed by atoms with Crippen molar-refractivity contribution < 1.29 is 19.0 Å². The topological polar surface area (TPSA) is 60.0 Å². The second-order valence-electron chi connectivity index (χ2n) is 8.35. The summed E-state index contributed by atoms with van der Waals surface area (Å²) in [5.74, 6) is 0.683. The van der Waals surface area contributed by atoms with E-state index in [2.05, 4.69) is 24.1 Å². The first-order valence-corrected chi connectivity index (χ1v) is 12.2. The molecule has 1 saturated heterocycles. The number of nitrogens with zero attached hydrogens (tertiary/aromatic N) is 1. The number of anilines is 1. The Morgan fingerprint density at radius 1 is 1.00 bits per heavy atom. The van der Waals surface area contributed by atoms with Crippen LogP contribution >= 0.6 is 0 Å². The summed E-state index contributed by atoms with van der Waals surface area (Å²) >= 11 is 0. The first kappa shape index (κ1) is 25.5. The van der Waals surface area contributed by atoms with Gasteiger partial charge >= 0.3 is 6.09 Å². The Hall–Kier alpha value is -1.79. The van der Waals surface area contributed by atoms with E-state index in [-0.39, 0.29) is 6.10 Å². The van der Waals surface area contributed by atoms with Crippen molar-refractivity contribution in [2.75, 3.05) is 44.8 Å². The lowest BCUT2D eigenvalue weighted by Crippen LogP contribution is -2.39. The molecule has 0 aliphatic carbocycles. The molecule has 1 N–H and O–H groups in total. The zero-order chi connectivity index (χ0) is 22.2. The van der Waals surface area contributed by atoms with E-state index in [1.165, 1.54) is 38.5 Å². The fraction of sp³-hybridized carbons (Fsp3) is 0.720. The van der Waals surface area contributed by atoms with Crippen LogP contribution in [0.4, 0.5) is 10.5 Å². The van der Waals surface area contributed by atoms with Crippen molar-refractivity contribution in [3.8, 4) is 5.75 Å². The van der Waals surface area contributed by atoms with Crippen LogP contribution in [0.1, 0.15) is 71.6 Å². The highest BCUT2D eigenvalue weighted by atomic mass is 16.6. The standard InChI is InChI=1S/C25H42N2O4/c1-3-5-6-13-19-30-24-15-10-9-14-23(24)26-25(28)31-22(21-29-18-4-2)20-27-16-11-7-8-12-17-27/h9-10,14-15,22H,3-8,11-13,16-21H2,1-2H3,(H,26,28). The molecule has 0 saturated carbocycles. The molecule has 1 amide bonds. The average Bonchev–Trinajstić information content (AvgIpc) is 3.03. The summed E-state index contributed by atoms with van der Waals surface area (Å²) in [5.41, 5.74) is 0.644. The van der Waals surface area contributed by atoms with Crippen LogP contribution in [0, 0.1) is 0 Å². The Labute approximate surface area is 188 Å². The zero-order valence-electron chi connectivity index (χ0n) is 19.6. The normalized spacial score (nSPS) is 15.8. The van der Waals surface area contributed by atoms with Crippen LogP contribution in [0.25, 0.3) is 0 Å². The molecule has 1 aromatic rings. The van der Waals surface area contributed by atoms with E-state index in [0.29, 0.717) is 37.8 Å². The lowest BCUT2D eigenvalue weighted by atomic mass is 10.2. The first-order chi connectivity index (χ1) is 15.2. The third-order valence-corrected chi connectivity index (χ3v) is 5.47. The number of rotatable bonds is 14. The highest BCUT2D eigenvalue weighted by Crippen LogP contribution is 2.24. The number of carbonyl (C=O) groups is 1. The summed E-state index contributed by atoms with van der Waals surface area (Å²) in [4.78, 5) is 15.1. The molecule has 0 bridgehead atoms. The molecule has 31 heavy (non-hydrogen) atoms. The highest BCUT2D eigenvalue weighted by Gasteiger charge is 2.20. The monoisotopic (exact) mass is 434 g/mol. The van der Waals surface area contributed by atoms with E-state index in [1.54, 1.807) is 0 Å². The van der Waals surface area contributed by atoms with Crippen molar-refractivity contribution in [2.24, 2.45) is 0 Å². The summed E-state index contributed by atoms with van der Waals surface area (Å²) in [6.45, 7) is 8.86. The van der Waals surface area contributed by atoms with Crippen molar-refractivity contribution in [2.45, 2.75) is 77.7 Å². The van der Waals surface area contributed by atoms with Gasteiger partial charge in [0, 0.05) is 13.2 Å². The second-order valence-corrected chi connectivity index (χ2v) is 8.35. The molecule has 1 heterocycles. The lowest BCUT2D eigenvalue weighted by molar-refractivity contribution is 0.00799. The number of ether oxygens (including phenoxy) is 3. The van der Waals surface area contributed by atoms with Crippen molar-refractivity contribution in [1.29, 1.82) is 0 Å². The van der Waals surface area contributed by atoms with Gasteiger partial charge in [-0.05, 0) is 50.9 Å². The number of nitrogens with one attached hydrogen (secondary N) is 1. The summed E-state index contributed by atoms with van der Waals surface area (Å²) in [5, 5.41) is 2.87. The number of unbranched alkanes of at least 4 members (excludes halogenated alkanes) is 3. The van der Waals surface area contributed by atoms with Gasteiger partial charge in [-0.25, -0.2) is 4.79 Å². The Bertz CT molecular complexity index is 603. The summed E-state index contributed by atoms with van der Waals surface area (Å²) < 4.78 is 17.4. The van der Waals surface area contributed by atoms with Gasteiger partial charge in [0.25, 0.3) is 0 Å². The van der Waals surface area contributed by atoms with Gasteiger partial charge in [-0.1, -0.05) is 58.1 Å². The van der Waals surface area contributed by atoms with Gasteiger partial charge in [0.1, 0.15) is 11.9 Å². The molecule has 1 atom stereocenters. The minimum absolute atomic E-state index is 0.285. The average molecular weight is 435 g/mol. The maximum absolute atomic E-state index is 12.7.